The topological polar surface area (TPSA) is 71.0 Å². The fourth-order valence-corrected chi connectivity index (χ4v) is 6.50. The van der Waals surface area contributed by atoms with Crippen LogP contribution in [0.4, 0.5) is 15.0 Å². The Bertz CT molecular complexity index is 1200. The number of aromatic nitrogens is 2. The van der Waals surface area contributed by atoms with E-state index >= 15 is 4.39 Å². The van der Waals surface area contributed by atoms with E-state index in [0.29, 0.717) is 22.9 Å². The summed E-state index contributed by atoms with van der Waals surface area (Å²) in [6.45, 7) is 13.8. The molecule has 2 aromatic rings. The van der Waals surface area contributed by atoms with Gasteiger partial charge in [0.15, 0.2) is 5.82 Å². The smallest absolute Gasteiger partial charge is 0.410 e. The number of rotatable bonds is 4. The number of carbonyl (C=O) groups excluding carboxylic acids is 1. The Labute approximate surface area is 245 Å². The summed E-state index contributed by atoms with van der Waals surface area (Å²) in [5, 5.41) is 0.697. The molecule has 3 aliphatic rings. The Morgan fingerprint density at radius 2 is 1.84 bits per heavy atom. The number of piperidine rings is 2. The van der Waals surface area contributed by atoms with Crippen LogP contribution in [0.3, 0.4) is 0 Å². The van der Waals surface area contributed by atoms with Gasteiger partial charge in [0.2, 0.25) is 0 Å². The van der Waals surface area contributed by atoms with Gasteiger partial charge in [-0.05, 0) is 97.6 Å². The molecule has 0 aliphatic carbocycles. The van der Waals surface area contributed by atoms with Gasteiger partial charge in [-0.1, -0.05) is 6.92 Å². The highest BCUT2D eigenvalue weighted by molar-refractivity contribution is 14.1. The lowest BCUT2D eigenvalue weighted by Gasteiger charge is -2.53. The molecule has 0 bridgehead atoms. The number of carbonyl (C=O) groups is 1. The van der Waals surface area contributed by atoms with E-state index in [4.69, 9.17) is 14.5 Å². The molecule has 208 valence electrons. The summed E-state index contributed by atoms with van der Waals surface area (Å²) >= 11 is 5.52. The lowest BCUT2D eigenvalue weighted by Crippen LogP contribution is -2.62. The largest absolute Gasteiger partial charge is 0.460 e. The number of nitrogens with zero attached hydrogens (tertiary/aromatic N) is 5. The van der Waals surface area contributed by atoms with Gasteiger partial charge in [-0.25, -0.2) is 9.18 Å². The Balaban J connectivity index is 1.34. The molecule has 5 rings (SSSR count). The van der Waals surface area contributed by atoms with Crippen LogP contribution < -0.4 is 9.64 Å². The summed E-state index contributed by atoms with van der Waals surface area (Å²) in [5.41, 5.74) is -0.111. The normalized spacial score (nSPS) is 20.6. The number of amides is 1. The van der Waals surface area contributed by atoms with Crippen molar-refractivity contribution in [3.05, 3.63) is 19.9 Å². The number of halogens is 3. The van der Waals surface area contributed by atoms with E-state index in [0.717, 1.165) is 67.8 Å². The number of ether oxygens (including phenoxy) is 2. The van der Waals surface area contributed by atoms with Crippen LogP contribution in [0.15, 0.2) is 10.5 Å². The first-order valence-corrected chi connectivity index (χ1v) is 15.3. The lowest BCUT2D eigenvalue weighted by atomic mass is 9.72. The van der Waals surface area contributed by atoms with Crippen molar-refractivity contribution in [3.8, 4) is 6.01 Å². The van der Waals surface area contributed by atoms with Gasteiger partial charge in [0, 0.05) is 53.6 Å². The molecule has 11 heteroatoms. The van der Waals surface area contributed by atoms with Crippen LogP contribution in [0, 0.1) is 14.8 Å². The molecule has 1 amide bonds. The molecular formula is C27H36BrFIN5O3. The van der Waals surface area contributed by atoms with Crippen molar-refractivity contribution in [3.63, 3.8) is 0 Å². The van der Waals surface area contributed by atoms with Gasteiger partial charge in [-0.15, -0.1) is 0 Å². The molecule has 0 radical (unpaired) electrons. The zero-order valence-electron chi connectivity index (χ0n) is 22.5. The van der Waals surface area contributed by atoms with Crippen LogP contribution in [0.25, 0.3) is 10.9 Å². The fraction of sp³-hybridized carbons (Fsp3) is 0.667. The Hall–Kier alpha value is -1.47. The molecule has 0 saturated carbocycles. The third kappa shape index (κ3) is 5.84. The first-order chi connectivity index (χ1) is 18.0. The first kappa shape index (κ1) is 28.1. The second-order valence-corrected chi connectivity index (χ2v) is 13.7. The monoisotopic (exact) mass is 703 g/mol. The molecule has 0 N–H and O–H groups in total. The van der Waals surface area contributed by atoms with Crippen LogP contribution in [-0.4, -0.2) is 83.4 Å². The highest BCUT2D eigenvalue weighted by atomic mass is 127. The van der Waals surface area contributed by atoms with Crippen molar-refractivity contribution in [2.24, 2.45) is 5.41 Å². The van der Waals surface area contributed by atoms with Gasteiger partial charge >= 0.3 is 12.1 Å². The molecule has 3 saturated heterocycles. The molecule has 0 atom stereocenters. The molecular weight excluding hydrogens is 668 g/mol. The summed E-state index contributed by atoms with van der Waals surface area (Å²) in [6.07, 6.45) is 3.46. The first-order valence-electron chi connectivity index (χ1n) is 13.4. The van der Waals surface area contributed by atoms with Crippen molar-refractivity contribution in [2.45, 2.75) is 65.1 Å². The van der Waals surface area contributed by atoms with E-state index < -0.39 is 5.60 Å². The van der Waals surface area contributed by atoms with E-state index in [1.54, 1.807) is 4.90 Å². The molecule has 0 unspecified atom stereocenters. The summed E-state index contributed by atoms with van der Waals surface area (Å²) < 4.78 is 28.4. The standard InChI is InChI=1S/C27H36BrFIN5O3/c1-5-33-10-6-17(7-11-33)37-24-31-22-18(14-19(30)20(28)21(22)29)23(32-24)34-12-8-27(9-13-34)15-35(16-27)25(36)38-26(2,3)4/h14,17H,5-13,15-16H2,1-4H3. The quantitative estimate of drug-likeness (QED) is 0.293. The molecule has 8 nitrogen and oxygen atoms in total. The van der Waals surface area contributed by atoms with Crippen LogP contribution in [-0.2, 0) is 4.74 Å². The summed E-state index contributed by atoms with van der Waals surface area (Å²) in [4.78, 5) is 28.3. The SMILES string of the molecule is CCN1CCC(Oc2nc(N3CCC4(CC3)CN(C(=O)OC(C)(C)C)C4)c3cc(I)c(Br)c(F)c3n2)CC1. The van der Waals surface area contributed by atoms with Crippen molar-refractivity contribution < 1.29 is 18.7 Å². The Morgan fingerprint density at radius 1 is 1.18 bits per heavy atom. The van der Waals surface area contributed by atoms with E-state index in [1.807, 2.05) is 26.8 Å². The Morgan fingerprint density at radius 3 is 2.45 bits per heavy atom. The van der Waals surface area contributed by atoms with Gasteiger partial charge in [-0.2, -0.15) is 9.97 Å². The van der Waals surface area contributed by atoms with Gasteiger partial charge in [-0.3, -0.25) is 0 Å². The van der Waals surface area contributed by atoms with Gasteiger partial charge in [0.25, 0.3) is 0 Å². The highest BCUT2D eigenvalue weighted by Crippen LogP contribution is 2.43. The predicted molar refractivity (Wildman–Crippen MR) is 157 cm³/mol. The Kier molecular flexibility index (Phi) is 8.00. The van der Waals surface area contributed by atoms with Crippen LogP contribution in [0.2, 0.25) is 0 Å². The maximum absolute atomic E-state index is 15.4. The number of hydrogen-bond donors (Lipinski definition) is 0. The second-order valence-electron chi connectivity index (χ2n) is 11.8. The molecule has 1 aromatic carbocycles. The van der Waals surface area contributed by atoms with E-state index in [2.05, 4.69) is 60.2 Å². The van der Waals surface area contributed by atoms with Crippen molar-refractivity contribution in [2.75, 3.05) is 50.7 Å². The lowest BCUT2D eigenvalue weighted by molar-refractivity contribution is -0.0434. The number of benzene rings is 1. The van der Waals surface area contributed by atoms with Crippen molar-refractivity contribution in [1.29, 1.82) is 0 Å². The zero-order valence-corrected chi connectivity index (χ0v) is 26.3. The zero-order chi connectivity index (χ0) is 27.2. The maximum Gasteiger partial charge on any atom is 0.410 e. The van der Waals surface area contributed by atoms with E-state index in [1.165, 1.54) is 0 Å². The van der Waals surface area contributed by atoms with Crippen molar-refractivity contribution >= 4 is 61.3 Å². The molecule has 1 spiro atoms. The minimum Gasteiger partial charge on any atom is -0.460 e. The molecule has 3 fully saturated rings. The molecule has 4 heterocycles. The predicted octanol–water partition coefficient (Wildman–Crippen LogP) is 5.84. The third-order valence-electron chi connectivity index (χ3n) is 7.87. The second kappa shape index (κ2) is 10.8. The average molecular weight is 704 g/mol. The minimum absolute atomic E-state index is 0.0249. The summed E-state index contributed by atoms with van der Waals surface area (Å²) in [5.74, 6) is 0.333. The van der Waals surface area contributed by atoms with Gasteiger partial charge in [0.05, 0.1) is 4.47 Å². The third-order valence-corrected chi connectivity index (χ3v) is 10.2. The van der Waals surface area contributed by atoms with E-state index in [9.17, 15) is 4.79 Å². The number of fused-ring (bicyclic) bond motifs is 1. The van der Waals surface area contributed by atoms with Crippen LogP contribution >= 0.6 is 38.5 Å². The summed E-state index contributed by atoms with van der Waals surface area (Å²) in [6, 6.07) is 2.19. The van der Waals surface area contributed by atoms with Crippen LogP contribution in [0.1, 0.15) is 53.4 Å². The number of hydrogen-bond acceptors (Lipinski definition) is 7. The van der Waals surface area contributed by atoms with Crippen molar-refractivity contribution in [1.82, 2.24) is 19.8 Å². The molecule has 1 aromatic heterocycles. The average Bonchev–Trinajstić information content (AvgIpc) is 2.85. The van der Waals surface area contributed by atoms with E-state index in [-0.39, 0.29) is 35.0 Å². The fourth-order valence-electron chi connectivity index (χ4n) is 5.65. The maximum atomic E-state index is 15.4. The highest BCUT2D eigenvalue weighted by Gasteiger charge is 2.48. The van der Waals surface area contributed by atoms with Gasteiger partial charge in [0.1, 0.15) is 23.0 Å². The number of likely N-dealkylation sites (tertiary alicyclic amines) is 2. The minimum atomic E-state index is -0.494. The van der Waals surface area contributed by atoms with Crippen LogP contribution in [0.5, 0.6) is 6.01 Å². The summed E-state index contributed by atoms with van der Waals surface area (Å²) in [7, 11) is 0. The molecule has 38 heavy (non-hydrogen) atoms. The number of anilines is 1. The van der Waals surface area contributed by atoms with Gasteiger partial charge < -0.3 is 24.2 Å². The molecule has 3 aliphatic heterocycles.